The molecule has 0 saturated heterocycles. The lowest BCUT2D eigenvalue weighted by atomic mass is 10.1. The lowest BCUT2D eigenvalue weighted by Gasteiger charge is -1.96. The van der Waals surface area contributed by atoms with Gasteiger partial charge < -0.3 is 0 Å². The van der Waals surface area contributed by atoms with E-state index in [0.717, 1.165) is 6.42 Å². The molecule has 0 unspecified atom stereocenters. The van der Waals surface area contributed by atoms with E-state index in [-0.39, 0.29) is 0 Å². The minimum Gasteiger partial charge on any atom is -0.0882 e. The van der Waals surface area contributed by atoms with Crippen molar-refractivity contribution in [3.63, 3.8) is 0 Å². The summed E-state index contributed by atoms with van der Waals surface area (Å²) >= 11 is 0. The Morgan fingerprint density at radius 3 is 1.80 bits per heavy atom. The summed E-state index contributed by atoms with van der Waals surface area (Å²) in [5.41, 5.74) is 0. The van der Waals surface area contributed by atoms with Gasteiger partial charge in [0.25, 0.3) is 0 Å². The lowest BCUT2D eigenvalue weighted by molar-refractivity contribution is 0.693. The van der Waals surface area contributed by atoms with Crippen molar-refractivity contribution in [1.82, 2.24) is 0 Å². The zero-order valence-corrected chi connectivity index (χ0v) is 6.55. The van der Waals surface area contributed by atoms with Crippen LogP contribution in [-0.2, 0) is 0 Å². The molecular formula is C10H16. The van der Waals surface area contributed by atoms with Crippen LogP contribution in [0.15, 0.2) is 24.3 Å². The van der Waals surface area contributed by atoms with Crippen molar-refractivity contribution in [2.24, 2.45) is 0 Å². The second-order valence-electron chi connectivity index (χ2n) is 2.82. The van der Waals surface area contributed by atoms with E-state index >= 15 is 0 Å². The van der Waals surface area contributed by atoms with Gasteiger partial charge in [0.15, 0.2) is 0 Å². The van der Waals surface area contributed by atoms with Crippen LogP contribution < -0.4 is 0 Å². The van der Waals surface area contributed by atoms with Crippen LogP contribution in [0.2, 0.25) is 0 Å². The van der Waals surface area contributed by atoms with Gasteiger partial charge in [-0.3, -0.25) is 0 Å². The Morgan fingerprint density at radius 2 is 1.20 bits per heavy atom. The fourth-order valence-electron chi connectivity index (χ4n) is 1.21. The molecular weight excluding hydrogens is 120 g/mol. The largest absolute Gasteiger partial charge is 0.0882 e. The molecule has 1 rings (SSSR count). The molecule has 0 aromatic rings. The topological polar surface area (TPSA) is 0 Å². The third kappa shape index (κ3) is 3.49. The van der Waals surface area contributed by atoms with Crippen LogP contribution in [0.5, 0.6) is 0 Å². The summed E-state index contributed by atoms with van der Waals surface area (Å²) in [5, 5.41) is 0. The third-order valence-electron chi connectivity index (χ3n) is 1.85. The summed E-state index contributed by atoms with van der Waals surface area (Å²) in [6.07, 6.45) is 17.0. The van der Waals surface area contributed by atoms with Crippen molar-refractivity contribution in [2.45, 2.75) is 38.5 Å². The predicted octanol–water partition coefficient (Wildman–Crippen LogP) is 3.45. The lowest BCUT2D eigenvalue weighted by Crippen LogP contribution is -1.76. The summed E-state index contributed by atoms with van der Waals surface area (Å²) in [6.45, 7) is 0. The van der Waals surface area contributed by atoms with Crippen molar-refractivity contribution in [2.75, 3.05) is 0 Å². The fourth-order valence-corrected chi connectivity index (χ4v) is 1.21. The van der Waals surface area contributed by atoms with Crippen LogP contribution in [0.3, 0.4) is 0 Å². The molecule has 0 aliphatic heterocycles. The Morgan fingerprint density at radius 1 is 0.600 bits per heavy atom. The van der Waals surface area contributed by atoms with E-state index < -0.39 is 0 Å². The summed E-state index contributed by atoms with van der Waals surface area (Å²) in [7, 11) is 0. The zero-order valence-electron chi connectivity index (χ0n) is 6.55. The Bertz CT molecular complexity index is 106. The van der Waals surface area contributed by atoms with E-state index in [1.54, 1.807) is 0 Å². The first kappa shape index (κ1) is 7.59. The van der Waals surface area contributed by atoms with E-state index in [4.69, 9.17) is 0 Å². The quantitative estimate of drug-likeness (QED) is 0.447. The second-order valence-corrected chi connectivity index (χ2v) is 2.82. The van der Waals surface area contributed by atoms with E-state index in [0.29, 0.717) is 0 Å². The molecule has 0 heterocycles. The molecule has 1 aliphatic rings. The van der Waals surface area contributed by atoms with Crippen LogP contribution in [0.4, 0.5) is 0 Å². The van der Waals surface area contributed by atoms with Crippen molar-refractivity contribution in [1.29, 1.82) is 0 Å². The molecule has 0 aromatic carbocycles. The van der Waals surface area contributed by atoms with Gasteiger partial charge in [0, 0.05) is 0 Å². The number of hydrogen-bond donors (Lipinski definition) is 0. The molecule has 0 N–H and O–H groups in total. The Kier molecular flexibility index (Phi) is 4.00. The second kappa shape index (κ2) is 5.28. The van der Waals surface area contributed by atoms with E-state index in [9.17, 15) is 0 Å². The Hall–Kier alpha value is -0.520. The standard InChI is InChI=1S/C10H16/c1-2-4-6-8-10-9-7-5-3-1/h1-2,5,7H,3-4,6,8-10H2/b2-1+,7-5?. The van der Waals surface area contributed by atoms with Gasteiger partial charge in [-0.15, -0.1) is 0 Å². The molecule has 0 fully saturated rings. The Balaban J connectivity index is 2.25. The molecule has 1 aliphatic carbocycles. The highest BCUT2D eigenvalue weighted by Gasteiger charge is 1.86. The molecule has 0 amide bonds. The molecule has 0 atom stereocenters. The number of rotatable bonds is 0. The molecule has 0 spiro atoms. The molecule has 0 heteroatoms. The Labute approximate surface area is 63.6 Å². The van der Waals surface area contributed by atoms with Crippen LogP contribution >= 0.6 is 0 Å². The van der Waals surface area contributed by atoms with Gasteiger partial charge in [-0.2, -0.15) is 0 Å². The first-order chi connectivity index (χ1) is 5.00. The molecule has 56 valence electrons. The molecule has 0 saturated carbocycles. The van der Waals surface area contributed by atoms with Crippen molar-refractivity contribution < 1.29 is 0 Å². The van der Waals surface area contributed by atoms with Gasteiger partial charge in [-0.05, 0) is 32.1 Å². The van der Waals surface area contributed by atoms with Crippen LogP contribution in [0.1, 0.15) is 38.5 Å². The maximum atomic E-state index is 2.30. The summed E-state index contributed by atoms with van der Waals surface area (Å²) in [4.78, 5) is 0. The molecule has 0 radical (unpaired) electrons. The highest BCUT2D eigenvalue weighted by atomic mass is 13.9. The van der Waals surface area contributed by atoms with E-state index in [2.05, 4.69) is 24.3 Å². The number of hydrogen-bond acceptors (Lipinski definition) is 0. The van der Waals surface area contributed by atoms with Gasteiger partial charge in [-0.1, -0.05) is 30.7 Å². The van der Waals surface area contributed by atoms with Crippen molar-refractivity contribution >= 4 is 0 Å². The monoisotopic (exact) mass is 136 g/mol. The summed E-state index contributed by atoms with van der Waals surface area (Å²) in [6, 6.07) is 0. The molecule has 0 nitrogen and oxygen atoms in total. The maximum Gasteiger partial charge on any atom is -0.0169 e. The van der Waals surface area contributed by atoms with Gasteiger partial charge in [0.05, 0.1) is 0 Å². The van der Waals surface area contributed by atoms with Crippen LogP contribution in [0, 0.1) is 0 Å². The van der Waals surface area contributed by atoms with E-state index in [1.165, 1.54) is 32.1 Å². The summed E-state index contributed by atoms with van der Waals surface area (Å²) < 4.78 is 0. The van der Waals surface area contributed by atoms with Gasteiger partial charge in [0.2, 0.25) is 0 Å². The fraction of sp³-hybridized carbons (Fsp3) is 0.600. The average molecular weight is 136 g/mol. The molecule has 0 aromatic heterocycles. The predicted molar refractivity (Wildman–Crippen MR) is 46.0 cm³/mol. The highest BCUT2D eigenvalue weighted by molar-refractivity contribution is 4.93. The minimum atomic E-state index is 1.14. The first-order valence-electron chi connectivity index (χ1n) is 4.30. The summed E-state index contributed by atoms with van der Waals surface area (Å²) in [5.74, 6) is 0. The van der Waals surface area contributed by atoms with Gasteiger partial charge in [-0.25, -0.2) is 0 Å². The third-order valence-corrected chi connectivity index (χ3v) is 1.85. The van der Waals surface area contributed by atoms with Gasteiger partial charge >= 0.3 is 0 Å². The average Bonchev–Trinajstić information content (AvgIpc) is 2.01. The van der Waals surface area contributed by atoms with Crippen molar-refractivity contribution in [3.8, 4) is 0 Å². The van der Waals surface area contributed by atoms with E-state index in [1.807, 2.05) is 0 Å². The first-order valence-corrected chi connectivity index (χ1v) is 4.30. The smallest absolute Gasteiger partial charge is 0.0169 e. The van der Waals surface area contributed by atoms with Gasteiger partial charge in [0.1, 0.15) is 0 Å². The SMILES string of the molecule is C1=CCCCCC/C=C/C1. The molecule has 10 heavy (non-hydrogen) atoms. The normalized spacial score (nSPS) is 24.0. The van der Waals surface area contributed by atoms with Crippen molar-refractivity contribution in [3.05, 3.63) is 24.3 Å². The minimum absolute atomic E-state index is 1.14. The maximum absolute atomic E-state index is 2.30. The molecule has 0 bridgehead atoms. The zero-order chi connectivity index (χ0) is 7.07. The van der Waals surface area contributed by atoms with Crippen LogP contribution in [0.25, 0.3) is 0 Å². The highest BCUT2D eigenvalue weighted by Crippen LogP contribution is 2.06. The number of allylic oxidation sites excluding steroid dienone is 4. The van der Waals surface area contributed by atoms with Crippen LogP contribution in [-0.4, -0.2) is 0 Å².